The molecular weight excluding hydrogens is 453 g/mol. The fraction of sp³-hybridized carbons (Fsp3) is 0.182. The van der Waals surface area contributed by atoms with E-state index in [4.69, 9.17) is 16.3 Å². The van der Waals surface area contributed by atoms with E-state index in [1.54, 1.807) is 24.3 Å². The summed E-state index contributed by atoms with van der Waals surface area (Å²) in [4.78, 5) is 44.1. The van der Waals surface area contributed by atoms with E-state index in [1.165, 1.54) is 12.4 Å². The summed E-state index contributed by atoms with van der Waals surface area (Å²) in [5, 5.41) is 8.10. The van der Waals surface area contributed by atoms with Gasteiger partial charge in [-0.05, 0) is 48.9 Å². The fourth-order valence-electron chi connectivity index (χ4n) is 3.24. The average Bonchev–Trinajstić information content (AvgIpc) is 3.47. The Morgan fingerprint density at radius 1 is 1.03 bits per heavy atom. The van der Waals surface area contributed by atoms with Crippen molar-refractivity contribution in [1.82, 2.24) is 15.3 Å². The Morgan fingerprint density at radius 2 is 1.73 bits per heavy atom. The second-order valence-corrected chi connectivity index (χ2v) is 7.68. The first-order valence-corrected chi connectivity index (χ1v) is 10.4. The minimum absolute atomic E-state index is 0.00400. The molecule has 3 amide bonds. The molecule has 1 fully saturated rings. The van der Waals surface area contributed by atoms with E-state index >= 15 is 0 Å². The number of nitrogens with one attached hydrogen (secondary N) is 4. The highest BCUT2D eigenvalue weighted by Crippen LogP contribution is 2.20. The number of anilines is 2. The maximum Gasteiger partial charge on any atom is 0.276 e. The van der Waals surface area contributed by atoms with Gasteiger partial charge in [-0.3, -0.25) is 14.4 Å². The third kappa shape index (κ3) is 5.36. The zero-order valence-electron chi connectivity index (χ0n) is 17.2. The lowest BCUT2D eigenvalue weighted by Crippen LogP contribution is -2.36. The maximum atomic E-state index is 13.2. The molecule has 1 unspecified atom stereocenters. The van der Waals surface area contributed by atoms with E-state index in [2.05, 4.69) is 25.9 Å². The van der Waals surface area contributed by atoms with Crippen molar-refractivity contribution in [2.45, 2.75) is 12.5 Å². The van der Waals surface area contributed by atoms with E-state index in [-0.39, 0.29) is 28.0 Å². The van der Waals surface area contributed by atoms with Gasteiger partial charge in [-0.15, -0.1) is 0 Å². The van der Waals surface area contributed by atoms with E-state index < -0.39 is 23.5 Å². The van der Waals surface area contributed by atoms with Crippen LogP contribution in [0.3, 0.4) is 0 Å². The number of H-pyrrole nitrogens is 1. The standard InChI is InChI=1S/C22H19ClFN5O4/c23-17-9-12(24)1-6-16(17)20(30)27-13-2-4-14(5-3-13)28-21(31)18-19(26-11-25-18)22(32)29-15-7-8-33-10-15/h1-6,9,11,15H,7-8,10H2,(H,25,26)(H,27,30)(H,28,31)(H,29,32). The summed E-state index contributed by atoms with van der Waals surface area (Å²) in [7, 11) is 0. The Labute approximate surface area is 192 Å². The SMILES string of the molecule is O=C(Nc1ccc(NC(=O)c2nc[nH]c2C(=O)NC2CCOC2)cc1)c1ccc(F)cc1Cl. The van der Waals surface area contributed by atoms with Gasteiger partial charge in [-0.2, -0.15) is 0 Å². The second kappa shape index (κ2) is 9.80. The molecule has 0 saturated carbocycles. The number of amides is 3. The fourth-order valence-corrected chi connectivity index (χ4v) is 3.50. The largest absolute Gasteiger partial charge is 0.379 e. The number of hydrogen-bond acceptors (Lipinski definition) is 5. The van der Waals surface area contributed by atoms with E-state index in [1.807, 2.05) is 0 Å². The first-order valence-electron chi connectivity index (χ1n) is 10.0. The number of aromatic amines is 1. The first-order chi connectivity index (χ1) is 15.9. The molecule has 1 aromatic heterocycles. The zero-order chi connectivity index (χ0) is 23.4. The van der Waals surface area contributed by atoms with Gasteiger partial charge >= 0.3 is 0 Å². The molecule has 2 aromatic carbocycles. The number of rotatable bonds is 6. The van der Waals surface area contributed by atoms with Crippen molar-refractivity contribution < 1.29 is 23.5 Å². The van der Waals surface area contributed by atoms with Crippen molar-refractivity contribution >= 4 is 40.7 Å². The number of carbonyl (C=O) groups excluding carboxylic acids is 3. The van der Waals surface area contributed by atoms with E-state index in [0.717, 1.165) is 12.1 Å². The van der Waals surface area contributed by atoms with Crippen LogP contribution in [0.1, 0.15) is 37.8 Å². The summed E-state index contributed by atoms with van der Waals surface area (Å²) in [6.45, 7) is 1.01. The van der Waals surface area contributed by atoms with E-state index in [0.29, 0.717) is 31.0 Å². The quantitative estimate of drug-likeness (QED) is 0.439. The Morgan fingerprint density at radius 3 is 2.36 bits per heavy atom. The predicted octanol–water partition coefficient (Wildman–Crippen LogP) is 3.23. The Bertz CT molecular complexity index is 1190. The van der Waals surface area contributed by atoms with Crippen molar-refractivity contribution in [2.75, 3.05) is 23.8 Å². The van der Waals surface area contributed by atoms with Gasteiger partial charge in [0.25, 0.3) is 17.7 Å². The van der Waals surface area contributed by atoms with Crippen LogP contribution in [0, 0.1) is 5.82 Å². The smallest absolute Gasteiger partial charge is 0.276 e. The molecule has 0 spiro atoms. The highest BCUT2D eigenvalue weighted by molar-refractivity contribution is 6.34. The van der Waals surface area contributed by atoms with Crippen LogP contribution < -0.4 is 16.0 Å². The first kappa shape index (κ1) is 22.4. The van der Waals surface area contributed by atoms with Gasteiger partial charge in [0.05, 0.1) is 29.6 Å². The minimum Gasteiger partial charge on any atom is -0.379 e. The number of imidazole rings is 1. The number of nitrogens with zero attached hydrogens (tertiary/aromatic N) is 1. The van der Waals surface area contributed by atoms with Crippen molar-refractivity contribution in [3.8, 4) is 0 Å². The van der Waals surface area contributed by atoms with Crippen LogP contribution in [-0.4, -0.2) is 46.9 Å². The molecule has 11 heteroatoms. The Kier molecular flexibility index (Phi) is 6.66. The molecule has 0 radical (unpaired) electrons. The van der Waals surface area contributed by atoms with Gasteiger partial charge in [0.2, 0.25) is 0 Å². The predicted molar refractivity (Wildman–Crippen MR) is 119 cm³/mol. The van der Waals surface area contributed by atoms with Crippen LogP contribution in [0.4, 0.5) is 15.8 Å². The molecule has 4 rings (SSSR count). The van der Waals surface area contributed by atoms with Gasteiger partial charge in [-0.25, -0.2) is 9.37 Å². The molecule has 170 valence electrons. The Hall–Kier alpha value is -3.76. The molecule has 1 aliphatic heterocycles. The van der Waals surface area contributed by atoms with Gasteiger partial charge < -0.3 is 25.7 Å². The molecule has 4 N–H and O–H groups in total. The number of benzene rings is 2. The monoisotopic (exact) mass is 471 g/mol. The number of ether oxygens (including phenoxy) is 1. The minimum atomic E-state index is -0.570. The van der Waals surface area contributed by atoms with E-state index in [9.17, 15) is 18.8 Å². The van der Waals surface area contributed by atoms with Crippen LogP contribution in [-0.2, 0) is 4.74 Å². The van der Waals surface area contributed by atoms with Crippen molar-refractivity contribution in [2.24, 2.45) is 0 Å². The molecule has 1 saturated heterocycles. The summed E-state index contributed by atoms with van der Waals surface area (Å²) >= 11 is 5.91. The van der Waals surface area contributed by atoms with Crippen LogP contribution in [0.2, 0.25) is 5.02 Å². The number of hydrogen-bond donors (Lipinski definition) is 4. The van der Waals surface area contributed by atoms with Crippen LogP contribution in [0.25, 0.3) is 0 Å². The molecule has 33 heavy (non-hydrogen) atoms. The van der Waals surface area contributed by atoms with Crippen molar-refractivity contribution in [3.05, 3.63) is 76.6 Å². The maximum absolute atomic E-state index is 13.2. The van der Waals surface area contributed by atoms with Gasteiger partial charge in [0.1, 0.15) is 11.5 Å². The normalized spacial score (nSPS) is 15.2. The van der Waals surface area contributed by atoms with Crippen molar-refractivity contribution in [1.29, 1.82) is 0 Å². The van der Waals surface area contributed by atoms with Crippen LogP contribution >= 0.6 is 11.6 Å². The third-order valence-corrected chi connectivity index (χ3v) is 5.24. The lowest BCUT2D eigenvalue weighted by molar-refractivity contribution is 0.0914. The Balaban J connectivity index is 1.38. The van der Waals surface area contributed by atoms with Gasteiger partial charge in [-0.1, -0.05) is 11.6 Å². The molecule has 1 atom stereocenters. The molecule has 9 nitrogen and oxygen atoms in total. The molecule has 1 aliphatic rings. The molecule has 3 aromatic rings. The molecule has 0 aliphatic carbocycles. The number of halogens is 2. The van der Waals surface area contributed by atoms with Crippen LogP contribution in [0.5, 0.6) is 0 Å². The van der Waals surface area contributed by atoms with Crippen molar-refractivity contribution in [3.63, 3.8) is 0 Å². The lowest BCUT2D eigenvalue weighted by atomic mass is 10.2. The topological polar surface area (TPSA) is 125 Å². The summed E-state index contributed by atoms with van der Waals surface area (Å²) in [5.41, 5.74) is 1.01. The molecule has 2 heterocycles. The summed E-state index contributed by atoms with van der Waals surface area (Å²) in [6.07, 6.45) is 1.98. The highest BCUT2D eigenvalue weighted by atomic mass is 35.5. The third-order valence-electron chi connectivity index (χ3n) is 4.92. The van der Waals surface area contributed by atoms with Crippen LogP contribution in [0.15, 0.2) is 48.8 Å². The molecule has 0 bridgehead atoms. The highest BCUT2D eigenvalue weighted by Gasteiger charge is 2.24. The number of carbonyl (C=O) groups is 3. The van der Waals surface area contributed by atoms with Gasteiger partial charge in [0.15, 0.2) is 5.69 Å². The van der Waals surface area contributed by atoms with Gasteiger partial charge in [0, 0.05) is 18.0 Å². The number of aromatic nitrogens is 2. The summed E-state index contributed by atoms with van der Waals surface area (Å²) < 4.78 is 18.4. The molecular formula is C22H19ClFN5O4. The lowest BCUT2D eigenvalue weighted by Gasteiger charge is -2.11. The average molecular weight is 472 g/mol. The summed E-state index contributed by atoms with van der Waals surface area (Å²) in [6, 6.07) is 9.67. The summed E-state index contributed by atoms with van der Waals surface area (Å²) in [5.74, 6) is -2.05. The second-order valence-electron chi connectivity index (χ2n) is 7.27. The zero-order valence-corrected chi connectivity index (χ0v) is 17.9.